The molecule has 2 amide bonds. The molecule has 0 saturated carbocycles. The van der Waals surface area contributed by atoms with Crippen molar-refractivity contribution in [1.82, 2.24) is 10.3 Å². The highest BCUT2D eigenvalue weighted by Gasteiger charge is 2.24. The van der Waals surface area contributed by atoms with E-state index in [4.69, 9.17) is 0 Å². The van der Waals surface area contributed by atoms with Crippen LogP contribution in [0.5, 0.6) is 0 Å². The number of carbonyl (C=O) groups excluding carboxylic acids is 2. The number of amides is 2. The van der Waals surface area contributed by atoms with Crippen molar-refractivity contribution in [2.45, 2.75) is 52.0 Å². The van der Waals surface area contributed by atoms with Gasteiger partial charge in [0.05, 0.1) is 18.2 Å². The van der Waals surface area contributed by atoms with Gasteiger partial charge in [0.25, 0.3) is 0 Å². The molecule has 6 heteroatoms. The minimum atomic E-state index is -0.0602. The first-order valence-corrected chi connectivity index (χ1v) is 9.96. The lowest BCUT2D eigenvalue weighted by Crippen LogP contribution is -2.28. The third-order valence-corrected chi connectivity index (χ3v) is 5.58. The fourth-order valence-electron chi connectivity index (χ4n) is 3.06. The van der Waals surface area contributed by atoms with Gasteiger partial charge in [-0.25, -0.2) is 4.98 Å². The van der Waals surface area contributed by atoms with Crippen molar-refractivity contribution < 1.29 is 9.59 Å². The molecule has 1 atom stereocenters. The normalized spacial score (nSPS) is 15.5. The molecule has 1 aliphatic rings. The Labute approximate surface area is 158 Å². The van der Waals surface area contributed by atoms with Crippen molar-refractivity contribution in [3.63, 3.8) is 0 Å². The van der Waals surface area contributed by atoms with Gasteiger partial charge in [0.15, 0.2) is 5.13 Å². The van der Waals surface area contributed by atoms with Gasteiger partial charge in [0.2, 0.25) is 11.8 Å². The Balaban J connectivity index is 1.56. The van der Waals surface area contributed by atoms with Crippen LogP contribution in [0.4, 0.5) is 5.13 Å². The highest BCUT2D eigenvalue weighted by Crippen LogP contribution is 2.25. The number of hydrogen-bond donors (Lipinski definition) is 1. The van der Waals surface area contributed by atoms with Crippen LogP contribution in [0.2, 0.25) is 0 Å². The van der Waals surface area contributed by atoms with E-state index in [2.05, 4.69) is 48.4 Å². The molecule has 1 saturated heterocycles. The second-order valence-electron chi connectivity index (χ2n) is 7.06. The average Bonchev–Trinajstić information content (AvgIpc) is 3.23. The average molecular weight is 372 g/mol. The molecule has 1 aromatic heterocycles. The molecule has 0 bridgehead atoms. The lowest BCUT2D eigenvalue weighted by atomic mass is 9.99. The van der Waals surface area contributed by atoms with Gasteiger partial charge < -0.3 is 5.32 Å². The number of thiazole rings is 1. The third kappa shape index (κ3) is 4.30. The molecule has 2 heterocycles. The zero-order valence-electron chi connectivity index (χ0n) is 15.5. The predicted molar refractivity (Wildman–Crippen MR) is 104 cm³/mol. The number of aromatic nitrogens is 1. The molecule has 1 N–H and O–H groups in total. The van der Waals surface area contributed by atoms with Crippen molar-refractivity contribution in [2.75, 3.05) is 11.4 Å². The number of nitrogens with zero attached hydrogens (tertiary/aromatic N) is 2. The van der Waals surface area contributed by atoms with Crippen LogP contribution in [-0.2, 0) is 16.0 Å². The van der Waals surface area contributed by atoms with Gasteiger partial charge in [-0.3, -0.25) is 14.5 Å². The lowest BCUT2D eigenvalue weighted by molar-refractivity contribution is -0.121. The minimum absolute atomic E-state index is 0.0537. The SMILES string of the molecule is CC(C)c1ccc(C(C)NC(=O)Cc2csc(N3CCCC3=O)n2)cc1. The fraction of sp³-hybridized carbons (Fsp3) is 0.450. The summed E-state index contributed by atoms with van der Waals surface area (Å²) in [6.45, 7) is 7.04. The lowest BCUT2D eigenvalue weighted by Gasteiger charge is -2.15. The molecule has 0 spiro atoms. The second kappa shape index (κ2) is 7.99. The number of nitrogens with one attached hydrogen (secondary N) is 1. The topological polar surface area (TPSA) is 62.3 Å². The first kappa shape index (κ1) is 18.6. The molecule has 0 aliphatic carbocycles. The monoisotopic (exact) mass is 371 g/mol. The number of carbonyl (C=O) groups is 2. The summed E-state index contributed by atoms with van der Waals surface area (Å²) in [5.74, 6) is 0.555. The quantitative estimate of drug-likeness (QED) is 0.840. The van der Waals surface area contributed by atoms with Gasteiger partial charge in [0.1, 0.15) is 0 Å². The number of benzene rings is 1. The van der Waals surface area contributed by atoms with E-state index in [1.165, 1.54) is 16.9 Å². The summed E-state index contributed by atoms with van der Waals surface area (Å²) in [5.41, 5.74) is 3.09. The Hall–Kier alpha value is -2.21. The minimum Gasteiger partial charge on any atom is -0.349 e. The summed E-state index contributed by atoms with van der Waals surface area (Å²) in [7, 11) is 0. The van der Waals surface area contributed by atoms with Gasteiger partial charge in [-0.05, 0) is 30.4 Å². The summed E-state index contributed by atoms with van der Waals surface area (Å²) >= 11 is 1.43. The van der Waals surface area contributed by atoms with Crippen LogP contribution < -0.4 is 10.2 Å². The first-order chi connectivity index (χ1) is 12.4. The van der Waals surface area contributed by atoms with Crippen LogP contribution in [0.3, 0.4) is 0 Å². The van der Waals surface area contributed by atoms with E-state index in [0.717, 1.165) is 18.5 Å². The van der Waals surface area contributed by atoms with Gasteiger partial charge >= 0.3 is 0 Å². The van der Waals surface area contributed by atoms with E-state index in [9.17, 15) is 9.59 Å². The Kier molecular flexibility index (Phi) is 5.71. The van der Waals surface area contributed by atoms with Crippen LogP contribution in [-0.4, -0.2) is 23.3 Å². The Bertz CT molecular complexity index is 783. The van der Waals surface area contributed by atoms with Crippen LogP contribution in [0, 0.1) is 0 Å². The summed E-state index contributed by atoms with van der Waals surface area (Å²) in [4.78, 5) is 30.3. The van der Waals surface area contributed by atoms with E-state index >= 15 is 0 Å². The molecule has 0 radical (unpaired) electrons. The largest absolute Gasteiger partial charge is 0.349 e. The maximum Gasteiger partial charge on any atom is 0.228 e. The number of rotatable bonds is 6. The Morgan fingerprint density at radius 1 is 1.23 bits per heavy atom. The van der Waals surface area contributed by atoms with Crippen LogP contribution >= 0.6 is 11.3 Å². The van der Waals surface area contributed by atoms with Gasteiger partial charge in [-0.2, -0.15) is 0 Å². The molecule has 1 aromatic carbocycles. The van der Waals surface area contributed by atoms with E-state index in [-0.39, 0.29) is 24.3 Å². The molecule has 1 fully saturated rings. The summed E-state index contributed by atoms with van der Waals surface area (Å²) < 4.78 is 0. The highest BCUT2D eigenvalue weighted by atomic mass is 32.1. The van der Waals surface area contributed by atoms with Crippen LogP contribution in [0.1, 0.15) is 62.4 Å². The van der Waals surface area contributed by atoms with Crippen LogP contribution in [0.25, 0.3) is 0 Å². The van der Waals surface area contributed by atoms with Crippen molar-refractivity contribution in [2.24, 2.45) is 0 Å². The van der Waals surface area contributed by atoms with Gasteiger partial charge in [-0.1, -0.05) is 38.1 Å². The summed E-state index contributed by atoms with van der Waals surface area (Å²) in [5, 5.41) is 5.59. The van der Waals surface area contributed by atoms with Gasteiger partial charge in [-0.15, -0.1) is 11.3 Å². The van der Waals surface area contributed by atoms with Gasteiger partial charge in [0, 0.05) is 18.3 Å². The maximum atomic E-state index is 12.3. The molecular formula is C20H25N3O2S. The van der Waals surface area contributed by atoms with Crippen molar-refractivity contribution in [3.8, 4) is 0 Å². The standard InChI is InChI=1S/C20H25N3O2S/c1-13(2)15-6-8-16(9-7-15)14(3)21-18(24)11-17-12-26-20(22-17)23-10-4-5-19(23)25/h6-9,12-14H,4-5,10-11H2,1-3H3,(H,21,24). The summed E-state index contributed by atoms with van der Waals surface area (Å²) in [6, 6.07) is 8.31. The van der Waals surface area contributed by atoms with E-state index in [1.54, 1.807) is 4.90 Å². The van der Waals surface area contributed by atoms with Crippen molar-refractivity contribution in [1.29, 1.82) is 0 Å². The molecule has 5 nitrogen and oxygen atoms in total. The van der Waals surface area contributed by atoms with Crippen LogP contribution in [0.15, 0.2) is 29.6 Å². The number of anilines is 1. The zero-order valence-corrected chi connectivity index (χ0v) is 16.3. The molecule has 26 heavy (non-hydrogen) atoms. The smallest absolute Gasteiger partial charge is 0.228 e. The second-order valence-corrected chi connectivity index (χ2v) is 7.89. The molecule has 1 unspecified atom stereocenters. The summed E-state index contributed by atoms with van der Waals surface area (Å²) in [6.07, 6.45) is 1.69. The van der Waals surface area contributed by atoms with Crippen molar-refractivity contribution >= 4 is 28.3 Å². The fourth-order valence-corrected chi connectivity index (χ4v) is 3.93. The maximum absolute atomic E-state index is 12.3. The molecular weight excluding hydrogens is 346 g/mol. The molecule has 1 aliphatic heterocycles. The van der Waals surface area contributed by atoms with E-state index in [1.807, 2.05) is 12.3 Å². The number of hydrogen-bond acceptors (Lipinski definition) is 4. The molecule has 2 aromatic rings. The Morgan fingerprint density at radius 2 is 1.92 bits per heavy atom. The predicted octanol–water partition coefficient (Wildman–Crippen LogP) is 3.81. The molecule has 3 rings (SSSR count). The third-order valence-electron chi connectivity index (χ3n) is 4.67. The highest BCUT2D eigenvalue weighted by molar-refractivity contribution is 7.14. The van der Waals surface area contributed by atoms with Crippen molar-refractivity contribution in [3.05, 3.63) is 46.5 Å². The molecule has 138 valence electrons. The Morgan fingerprint density at radius 3 is 2.54 bits per heavy atom. The first-order valence-electron chi connectivity index (χ1n) is 9.08. The van der Waals surface area contributed by atoms with E-state index in [0.29, 0.717) is 23.2 Å². The van der Waals surface area contributed by atoms with E-state index < -0.39 is 0 Å². The zero-order chi connectivity index (χ0) is 18.7.